The maximum Gasteiger partial charge on any atom is 0.250 e. The van der Waals surface area contributed by atoms with Crippen LogP contribution in [0.2, 0.25) is 0 Å². The molecule has 2 rings (SSSR count). The van der Waals surface area contributed by atoms with Gasteiger partial charge in [0.1, 0.15) is 6.61 Å². The number of rotatable bonds is 6. The van der Waals surface area contributed by atoms with E-state index in [2.05, 4.69) is 17.6 Å². The molecular weight excluding hydrogens is 252 g/mol. The van der Waals surface area contributed by atoms with Crippen molar-refractivity contribution in [2.75, 3.05) is 24.4 Å². The van der Waals surface area contributed by atoms with Crippen LogP contribution in [0.4, 0.5) is 11.4 Å². The fourth-order valence-electron chi connectivity index (χ4n) is 2.85. The predicted molar refractivity (Wildman–Crippen MR) is 82.0 cm³/mol. The lowest BCUT2D eigenvalue weighted by Crippen LogP contribution is -2.24. The van der Waals surface area contributed by atoms with Crippen LogP contribution in [0.5, 0.6) is 0 Å². The summed E-state index contributed by atoms with van der Waals surface area (Å²) in [5, 5.41) is 6.37. The molecule has 0 heterocycles. The zero-order valence-corrected chi connectivity index (χ0v) is 12.3. The zero-order chi connectivity index (χ0) is 14.4. The van der Waals surface area contributed by atoms with Gasteiger partial charge in [0, 0.05) is 24.5 Å². The van der Waals surface area contributed by atoms with E-state index in [0.29, 0.717) is 6.04 Å². The molecule has 1 unspecified atom stereocenters. The van der Waals surface area contributed by atoms with Crippen molar-refractivity contribution in [2.24, 2.45) is 5.92 Å². The van der Waals surface area contributed by atoms with Crippen molar-refractivity contribution < 1.29 is 9.53 Å². The van der Waals surface area contributed by atoms with Gasteiger partial charge in [0.25, 0.3) is 0 Å². The fraction of sp³-hybridized carbons (Fsp3) is 0.562. The summed E-state index contributed by atoms with van der Waals surface area (Å²) in [4.78, 5) is 11.5. The van der Waals surface area contributed by atoms with E-state index in [4.69, 9.17) is 4.74 Å². The number of anilines is 2. The van der Waals surface area contributed by atoms with Gasteiger partial charge in [-0.3, -0.25) is 4.79 Å². The Bertz CT molecular complexity index is 442. The average Bonchev–Trinajstić information content (AvgIpc) is 2.93. The Morgan fingerprint density at radius 3 is 2.75 bits per heavy atom. The lowest BCUT2D eigenvalue weighted by Gasteiger charge is -2.22. The quantitative estimate of drug-likeness (QED) is 0.838. The smallest absolute Gasteiger partial charge is 0.250 e. The van der Waals surface area contributed by atoms with Crippen molar-refractivity contribution in [1.82, 2.24) is 0 Å². The van der Waals surface area contributed by atoms with Crippen LogP contribution < -0.4 is 10.6 Å². The molecule has 1 aromatic carbocycles. The monoisotopic (exact) mass is 276 g/mol. The Hall–Kier alpha value is -1.55. The fourth-order valence-corrected chi connectivity index (χ4v) is 2.85. The van der Waals surface area contributed by atoms with Gasteiger partial charge in [-0.2, -0.15) is 0 Å². The maximum absolute atomic E-state index is 11.5. The predicted octanol–water partition coefficient (Wildman–Crippen LogP) is 3.26. The molecule has 20 heavy (non-hydrogen) atoms. The van der Waals surface area contributed by atoms with Crippen molar-refractivity contribution in [3.05, 3.63) is 24.3 Å². The number of benzene rings is 1. The van der Waals surface area contributed by atoms with E-state index in [1.54, 1.807) is 0 Å². The number of hydrogen-bond donors (Lipinski definition) is 2. The van der Waals surface area contributed by atoms with Crippen LogP contribution in [0.1, 0.15) is 32.6 Å². The van der Waals surface area contributed by atoms with E-state index in [1.165, 1.54) is 32.8 Å². The highest BCUT2D eigenvalue weighted by atomic mass is 16.5. The van der Waals surface area contributed by atoms with Crippen LogP contribution in [-0.4, -0.2) is 25.7 Å². The second-order valence-electron chi connectivity index (χ2n) is 5.54. The van der Waals surface area contributed by atoms with Gasteiger partial charge in [0.05, 0.1) is 0 Å². The summed E-state index contributed by atoms with van der Waals surface area (Å²) >= 11 is 0. The normalized spacial score (nSPS) is 16.9. The minimum atomic E-state index is -0.131. The van der Waals surface area contributed by atoms with E-state index < -0.39 is 0 Å². The number of amides is 1. The van der Waals surface area contributed by atoms with Gasteiger partial charge in [-0.05, 0) is 43.9 Å². The second-order valence-corrected chi connectivity index (χ2v) is 5.54. The third kappa shape index (κ3) is 4.23. The largest absolute Gasteiger partial charge is 0.382 e. The Morgan fingerprint density at radius 1 is 1.35 bits per heavy atom. The molecule has 1 aromatic rings. The molecule has 0 saturated heterocycles. The number of nitrogens with one attached hydrogen (secondary N) is 2. The number of carbonyl (C=O) groups excluding carboxylic acids is 1. The van der Waals surface area contributed by atoms with Gasteiger partial charge in [-0.15, -0.1) is 0 Å². The van der Waals surface area contributed by atoms with Crippen molar-refractivity contribution in [3.63, 3.8) is 0 Å². The van der Waals surface area contributed by atoms with E-state index in [9.17, 15) is 4.79 Å². The highest BCUT2D eigenvalue weighted by molar-refractivity contribution is 5.92. The van der Waals surface area contributed by atoms with Crippen molar-refractivity contribution >= 4 is 17.3 Å². The van der Waals surface area contributed by atoms with Gasteiger partial charge >= 0.3 is 0 Å². The number of ether oxygens (including phenoxy) is 1. The Kier molecular flexibility index (Phi) is 5.41. The summed E-state index contributed by atoms with van der Waals surface area (Å²) in [5.74, 6) is 0.634. The molecule has 1 aliphatic carbocycles. The molecular formula is C16H24N2O2. The first-order valence-corrected chi connectivity index (χ1v) is 7.34. The summed E-state index contributed by atoms with van der Waals surface area (Å²) < 4.78 is 4.81. The highest BCUT2D eigenvalue weighted by Gasteiger charge is 2.21. The minimum absolute atomic E-state index is 0.0795. The standard InChI is InChI=1S/C16H24N2O2/c1-12(13-6-3-4-7-13)17-14-8-5-9-15(10-14)18-16(19)11-20-2/h5,8-10,12-13,17H,3-4,6-7,11H2,1-2H3,(H,18,19). The third-order valence-electron chi connectivity index (χ3n) is 3.92. The summed E-state index contributed by atoms with van der Waals surface area (Å²) in [6.45, 7) is 2.32. The van der Waals surface area contributed by atoms with Crippen LogP contribution >= 0.6 is 0 Å². The summed E-state index contributed by atoms with van der Waals surface area (Å²) in [5.41, 5.74) is 1.86. The molecule has 1 saturated carbocycles. The van der Waals surface area contributed by atoms with Crippen molar-refractivity contribution in [3.8, 4) is 0 Å². The second kappa shape index (κ2) is 7.29. The molecule has 0 bridgehead atoms. The van der Waals surface area contributed by atoms with Crippen LogP contribution in [0.15, 0.2) is 24.3 Å². The van der Waals surface area contributed by atoms with Gasteiger partial charge in [0.15, 0.2) is 0 Å². The number of carbonyl (C=O) groups is 1. The molecule has 1 atom stereocenters. The van der Waals surface area contributed by atoms with Gasteiger partial charge in [-0.1, -0.05) is 18.9 Å². The topological polar surface area (TPSA) is 50.4 Å². The first-order valence-electron chi connectivity index (χ1n) is 7.34. The first kappa shape index (κ1) is 14.9. The molecule has 1 aliphatic rings. The van der Waals surface area contributed by atoms with E-state index in [-0.39, 0.29) is 12.5 Å². The molecule has 0 aliphatic heterocycles. The van der Waals surface area contributed by atoms with Crippen LogP contribution in [-0.2, 0) is 9.53 Å². The lowest BCUT2D eigenvalue weighted by atomic mass is 9.99. The number of hydrogen-bond acceptors (Lipinski definition) is 3. The van der Waals surface area contributed by atoms with Crippen LogP contribution in [0.3, 0.4) is 0 Å². The molecule has 0 radical (unpaired) electrons. The molecule has 4 heteroatoms. The first-order chi connectivity index (χ1) is 9.69. The van der Waals surface area contributed by atoms with E-state index >= 15 is 0 Å². The lowest BCUT2D eigenvalue weighted by molar-refractivity contribution is -0.119. The molecule has 110 valence electrons. The minimum Gasteiger partial charge on any atom is -0.382 e. The Morgan fingerprint density at radius 2 is 2.05 bits per heavy atom. The average molecular weight is 276 g/mol. The van der Waals surface area contributed by atoms with E-state index in [1.807, 2.05) is 24.3 Å². The molecule has 1 amide bonds. The summed E-state index contributed by atoms with van der Waals surface area (Å²) in [7, 11) is 1.51. The van der Waals surface area contributed by atoms with Crippen LogP contribution in [0, 0.1) is 5.92 Å². The van der Waals surface area contributed by atoms with Crippen molar-refractivity contribution in [1.29, 1.82) is 0 Å². The molecule has 1 fully saturated rings. The molecule has 4 nitrogen and oxygen atoms in total. The van der Waals surface area contributed by atoms with Gasteiger partial charge < -0.3 is 15.4 Å². The van der Waals surface area contributed by atoms with E-state index in [0.717, 1.165) is 17.3 Å². The molecule has 2 N–H and O–H groups in total. The summed E-state index contributed by atoms with van der Waals surface area (Å²) in [6, 6.07) is 8.32. The SMILES string of the molecule is COCC(=O)Nc1cccc(NC(C)C2CCCC2)c1. The van der Waals surface area contributed by atoms with Gasteiger partial charge in [0.2, 0.25) is 5.91 Å². The van der Waals surface area contributed by atoms with Gasteiger partial charge in [-0.25, -0.2) is 0 Å². The molecule has 0 spiro atoms. The third-order valence-corrected chi connectivity index (χ3v) is 3.92. The zero-order valence-electron chi connectivity index (χ0n) is 12.3. The van der Waals surface area contributed by atoms with Crippen LogP contribution in [0.25, 0.3) is 0 Å². The highest BCUT2D eigenvalue weighted by Crippen LogP contribution is 2.29. The Balaban J connectivity index is 1.93. The summed E-state index contributed by atoms with van der Waals surface area (Å²) in [6.07, 6.45) is 5.34. The molecule has 0 aromatic heterocycles. The Labute approximate surface area is 120 Å². The maximum atomic E-state index is 11.5. The van der Waals surface area contributed by atoms with Crippen molar-refractivity contribution in [2.45, 2.75) is 38.6 Å². The number of methoxy groups -OCH3 is 1.